The van der Waals surface area contributed by atoms with Crippen molar-refractivity contribution in [3.05, 3.63) is 54.1 Å². The number of nitrogens with zero attached hydrogens (tertiary/aromatic N) is 1. The first-order valence-electron chi connectivity index (χ1n) is 13.7. The number of anilines is 2. The zero-order valence-corrected chi connectivity index (χ0v) is 22.2. The fraction of sp³-hybridized carbons (Fsp3) is 0.586. The van der Waals surface area contributed by atoms with Crippen LogP contribution in [0.15, 0.2) is 53.4 Å². The molecule has 0 saturated heterocycles. The van der Waals surface area contributed by atoms with Crippen LogP contribution in [0.4, 0.5) is 11.4 Å². The second-order valence-electron chi connectivity index (χ2n) is 9.96. The molecule has 0 aliphatic carbocycles. The monoisotopic (exact) mass is 500 g/mol. The van der Waals surface area contributed by atoms with Crippen LogP contribution in [-0.2, 0) is 16.7 Å². The number of benzene rings is 2. The van der Waals surface area contributed by atoms with E-state index in [1.165, 1.54) is 88.7 Å². The molecule has 0 bridgehead atoms. The summed E-state index contributed by atoms with van der Waals surface area (Å²) in [5.41, 5.74) is 2.98. The molecule has 0 saturated carbocycles. The first kappa shape index (κ1) is 27.5. The fourth-order valence-corrected chi connectivity index (χ4v) is 5.53. The minimum absolute atomic E-state index is 0.0648. The lowest BCUT2D eigenvalue weighted by atomic mass is 10.0. The molecule has 1 aliphatic heterocycles. The number of unbranched alkanes of at least 4 members (excludes halogenated alkanes) is 12. The summed E-state index contributed by atoms with van der Waals surface area (Å²) in [5, 5.41) is 3.51. The van der Waals surface area contributed by atoms with Gasteiger partial charge in [-0.3, -0.25) is 4.55 Å². The Balaban J connectivity index is 1.42. The zero-order valence-electron chi connectivity index (χ0n) is 21.4. The molecule has 0 amide bonds. The normalized spacial score (nSPS) is 15.3. The Morgan fingerprint density at radius 2 is 1.37 bits per heavy atom. The van der Waals surface area contributed by atoms with Crippen LogP contribution in [-0.4, -0.2) is 19.1 Å². The van der Waals surface area contributed by atoms with Crippen LogP contribution in [0.5, 0.6) is 0 Å². The maximum atomic E-state index is 11.6. The van der Waals surface area contributed by atoms with Crippen molar-refractivity contribution in [2.45, 2.75) is 114 Å². The van der Waals surface area contributed by atoms with Crippen LogP contribution >= 0.6 is 0 Å². The van der Waals surface area contributed by atoms with Gasteiger partial charge in [-0.2, -0.15) is 8.42 Å². The minimum Gasteiger partial charge on any atom is -0.363 e. The van der Waals surface area contributed by atoms with E-state index in [1.807, 2.05) is 18.2 Å². The second-order valence-corrected chi connectivity index (χ2v) is 11.4. The largest absolute Gasteiger partial charge is 0.363 e. The number of hydrogen-bond donors (Lipinski definition) is 2. The minimum atomic E-state index is -4.22. The Morgan fingerprint density at radius 3 is 1.94 bits per heavy atom. The lowest BCUT2D eigenvalue weighted by Crippen LogP contribution is -2.35. The van der Waals surface area contributed by atoms with Gasteiger partial charge in [0.05, 0.1) is 22.4 Å². The topological polar surface area (TPSA) is 69.6 Å². The van der Waals surface area contributed by atoms with Crippen LogP contribution in [0.25, 0.3) is 0 Å². The first-order valence-corrected chi connectivity index (χ1v) is 15.1. The van der Waals surface area contributed by atoms with Crippen LogP contribution in [0.1, 0.15) is 102 Å². The van der Waals surface area contributed by atoms with Crippen LogP contribution in [0.2, 0.25) is 0 Å². The van der Waals surface area contributed by atoms with E-state index >= 15 is 0 Å². The van der Waals surface area contributed by atoms with Crippen LogP contribution < -0.4 is 10.2 Å². The highest BCUT2D eigenvalue weighted by atomic mass is 32.2. The molecular formula is C29H44N2O3S. The lowest BCUT2D eigenvalue weighted by Gasteiger charge is -2.27. The van der Waals surface area contributed by atoms with Crippen molar-refractivity contribution in [3.63, 3.8) is 0 Å². The van der Waals surface area contributed by atoms with Crippen molar-refractivity contribution in [2.24, 2.45) is 0 Å². The number of nitrogens with one attached hydrogen (secondary N) is 1. The molecule has 0 aromatic heterocycles. The second kappa shape index (κ2) is 14.5. The van der Waals surface area contributed by atoms with Gasteiger partial charge in [0.15, 0.2) is 0 Å². The summed E-state index contributed by atoms with van der Waals surface area (Å²) in [5.74, 6) is 0. The Bertz CT molecular complexity index is 979. The molecule has 6 heteroatoms. The van der Waals surface area contributed by atoms with Gasteiger partial charge in [0.25, 0.3) is 10.1 Å². The van der Waals surface area contributed by atoms with E-state index in [0.29, 0.717) is 0 Å². The van der Waals surface area contributed by atoms with E-state index < -0.39 is 10.1 Å². The zero-order chi connectivity index (χ0) is 24.9. The fourth-order valence-electron chi connectivity index (χ4n) is 5.03. The van der Waals surface area contributed by atoms with E-state index in [9.17, 15) is 13.0 Å². The third-order valence-corrected chi connectivity index (χ3v) is 7.90. The molecule has 2 aromatic carbocycles. The van der Waals surface area contributed by atoms with E-state index in [0.717, 1.165) is 30.8 Å². The number of rotatable bonds is 17. The number of fused-ring (bicyclic) bond motifs is 1. The van der Waals surface area contributed by atoms with Crippen LogP contribution in [0.3, 0.4) is 0 Å². The summed E-state index contributed by atoms with van der Waals surface area (Å²) in [6.07, 6.45) is 18.5. The molecule has 0 radical (unpaired) electrons. The highest BCUT2D eigenvalue weighted by Crippen LogP contribution is 2.38. The van der Waals surface area contributed by atoms with Crippen molar-refractivity contribution >= 4 is 21.5 Å². The Labute approximate surface area is 213 Å². The molecule has 0 spiro atoms. The van der Waals surface area contributed by atoms with E-state index in [4.69, 9.17) is 0 Å². The van der Waals surface area contributed by atoms with Gasteiger partial charge in [0, 0.05) is 6.54 Å². The van der Waals surface area contributed by atoms with Gasteiger partial charge in [-0.25, -0.2) is 0 Å². The summed E-state index contributed by atoms with van der Waals surface area (Å²) in [4.78, 5) is 2.25. The molecule has 5 nitrogen and oxygen atoms in total. The molecular weight excluding hydrogens is 456 g/mol. The molecule has 1 aliphatic rings. The SMILES string of the molecule is CCCCCCCCCCCCCCCC1Nc2cc(S(=O)(=O)O)ccc2N1Cc1ccccc1. The van der Waals surface area contributed by atoms with Crippen molar-refractivity contribution in [2.75, 3.05) is 10.2 Å². The smallest absolute Gasteiger partial charge is 0.294 e. The summed E-state index contributed by atoms with van der Waals surface area (Å²) < 4.78 is 32.7. The molecule has 2 N–H and O–H groups in total. The van der Waals surface area contributed by atoms with Crippen molar-refractivity contribution < 1.29 is 13.0 Å². The highest BCUT2D eigenvalue weighted by Gasteiger charge is 2.29. The molecule has 1 heterocycles. The maximum absolute atomic E-state index is 11.6. The Kier molecular flexibility index (Phi) is 11.4. The standard InChI is InChI=1S/C29H44N2O3S/c1-2-3-4-5-6-7-8-9-10-11-12-13-17-20-29-30-27-23-26(35(32,33)34)21-22-28(27)31(29)24-25-18-15-14-16-19-25/h14-16,18-19,21-23,29-30H,2-13,17,20,24H2,1H3,(H,32,33,34). The third-order valence-electron chi connectivity index (χ3n) is 7.05. The third kappa shape index (κ3) is 9.16. The van der Waals surface area contributed by atoms with Crippen LogP contribution in [0, 0.1) is 0 Å². The maximum Gasteiger partial charge on any atom is 0.294 e. The molecule has 3 rings (SSSR count). The summed E-state index contributed by atoms with van der Waals surface area (Å²) in [7, 11) is -4.22. The predicted octanol–water partition coefficient (Wildman–Crippen LogP) is 8.17. The van der Waals surface area contributed by atoms with Gasteiger partial charge in [-0.1, -0.05) is 114 Å². The molecule has 194 valence electrons. The molecule has 1 unspecified atom stereocenters. The van der Waals surface area contributed by atoms with Crippen molar-refractivity contribution in [3.8, 4) is 0 Å². The van der Waals surface area contributed by atoms with Gasteiger partial charge in [-0.05, 0) is 36.6 Å². The lowest BCUT2D eigenvalue weighted by molar-refractivity contribution is 0.483. The first-order chi connectivity index (χ1) is 17.0. The number of hydrogen-bond acceptors (Lipinski definition) is 4. The average molecular weight is 501 g/mol. The summed E-state index contributed by atoms with van der Waals surface area (Å²) >= 11 is 0. The average Bonchev–Trinajstić information content (AvgIpc) is 3.18. The van der Waals surface area contributed by atoms with E-state index in [-0.39, 0.29) is 11.1 Å². The van der Waals surface area contributed by atoms with Crippen molar-refractivity contribution in [1.82, 2.24) is 0 Å². The quantitative estimate of drug-likeness (QED) is 0.169. The Morgan fingerprint density at radius 1 is 0.800 bits per heavy atom. The van der Waals surface area contributed by atoms with Gasteiger partial charge in [0.1, 0.15) is 0 Å². The van der Waals surface area contributed by atoms with Gasteiger partial charge >= 0.3 is 0 Å². The van der Waals surface area contributed by atoms with Gasteiger partial charge in [-0.15, -0.1) is 0 Å². The van der Waals surface area contributed by atoms with Gasteiger partial charge < -0.3 is 10.2 Å². The summed E-state index contributed by atoms with van der Waals surface area (Å²) in [6, 6.07) is 15.2. The van der Waals surface area contributed by atoms with Gasteiger partial charge in [0.2, 0.25) is 0 Å². The Hall–Kier alpha value is -2.05. The molecule has 0 fully saturated rings. The molecule has 1 atom stereocenters. The van der Waals surface area contributed by atoms with E-state index in [2.05, 4.69) is 29.3 Å². The predicted molar refractivity (Wildman–Crippen MR) is 147 cm³/mol. The van der Waals surface area contributed by atoms with E-state index in [1.54, 1.807) is 12.1 Å². The highest BCUT2D eigenvalue weighted by molar-refractivity contribution is 7.85. The van der Waals surface area contributed by atoms with Crippen molar-refractivity contribution in [1.29, 1.82) is 0 Å². The molecule has 2 aromatic rings. The summed E-state index contributed by atoms with van der Waals surface area (Å²) in [6.45, 7) is 3.03. The molecule has 35 heavy (non-hydrogen) atoms.